The highest BCUT2D eigenvalue weighted by Crippen LogP contribution is 2.67. The van der Waals surface area contributed by atoms with Crippen molar-refractivity contribution in [3.05, 3.63) is 11.6 Å². The first kappa shape index (κ1) is 21.3. The van der Waals surface area contributed by atoms with Crippen LogP contribution in [0.4, 0.5) is 0 Å². The van der Waals surface area contributed by atoms with E-state index in [1.807, 2.05) is 0 Å². The Hall–Kier alpha value is 0.0300. The predicted molar refractivity (Wildman–Crippen MR) is 123 cm³/mol. The molecule has 0 aromatic heterocycles. The van der Waals surface area contributed by atoms with Crippen molar-refractivity contribution in [2.24, 2.45) is 46.3 Å². The number of alkyl halides is 1. The monoisotopic (exact) mass is 404 g/mol. The van der Waals surface area contributed by atoms with Crippen molar-refractivity contribution >= 4 is 11.6 Å². The third kappa shape index (κ3) is 3.52. The van der Waals surface area contributed by atoms with Crippen LogP contribution >= 0.6 is 11.6 Å². The molecule has 0 radical (unpaired) electrons. The van der Waals surface area contributed by atoms with Gasteiger partial charge in [-0.3, -0.25) is 0 Å². The normalized spacial score (nSPS) is 46.5. The molecule has 0 N–H and O–H groups in total. The van der Waals surface area contributed by atoms with Gasteiger partial charge < -0.3 is 0 Å². The van der Waals surface area contributed by atoms with Crippen LogP contribution in [0.15, 0.2) is 11.6 Å². The first-order valence-corrected chi connectivity index (χ1v) is 13.0. The van der Waals surface area contributed by atoms with Crippen LogP contribution in [0.25, 0.3) is 0 Å². The molecule has 0 heterocycles. The van der Waals surface area contributed by atoms with E-state index in [1.54, 1.807) is 5.57 Å². The molecule has 0 aliphatic heterocycles. The molecule has 1 heteroatoms. The van der Waals surface area contributed by atoms with Gasteiger partial charge in [0.25, 0.3) is 0 Å². The Morgan fingerprint density at radius 1 is 1.00 bits per heavy atom. The molecule has 4 unspecified atom stereocenters. The Bertz CT molecular complexity index is 591. The van der Waals surface area contributed by atoms with Crippen molar-refractivity contribution in [2.75, 3.05) is 0 Å². The first-order chi connectivity index (χ1) is 13.3. The molecule has 0 spiro atoms. The summed E-state index contributed by atoms with van der Waals surface area (Å²) < 4.78 is 0. The fraction of sp³-hybridized carbons (Fsp3) is 0.926. The summed E-state index contributed by atoms with van der Waals surface area (Å²) in [7, 11) is 0. The third-order valence-corrected chi connectivity index (χ3v) is 10.6. The lowest BCUT2D eigenvalue weighted by Crippen LogP contribution is -2.50. The maximum Gasteiger partial charge on any atom is 0.0373 e. The molecule has 4 aliphatic carbocycles. The molecule has 3 saturated carbocycles. The van der Waals surface area contributed by atoms with E-state index in [0.717, 1.165) is 35.5 Å². The third-order valence-electron chi connectivity index (χ3n) is 10.2. The Morgan fingerprint density at radius 3 is 2.54 bits per heavy atom. The summed E-state index contributed by atoms with van der Waals surface area (Å²) in [6, 6.07) is 0. The lowest BCUT2D eigenvalue weighted by Gasteiger charge is -2.58. The molecular weight excluding hydrogens is 360 g/mol. The second-order valence-corrected chi connectivity index (χ2v) is 12.7. The van der Waals surface area contributed by atoms with E-state index in [9.17, 15) is 0 Å². The van der Waals surface area contributed by atoms with Gasteiger partial charge in [0.2, 0.25) is 0 Å². The van der Waals surface area contributed by atoms with Gasteiger partial charge in [-0.2, -0.15) is 0 Å². The van der Waals surface area contributed by atoms with Gasteiger partial charge in [-0.25, -0.2) is 0 Å². The minimum absolute atomic E-state index is 0.396. The average molecular weight is 405 g/mol. The van der Waals surface area contributed by atoms with Crippen LogP contribution in [0.5, 0.6) is 0 Å². The van der Waals surface area contributed by atoms with Gasteiger partial charge in [-0.15, -0.1) is 11.6 Å². The van der Waals surface area contributed by atoms with E-state index in [-0.39, 0.29) is 0 Å². The molecule has 4 aliphatic rings. The second kappa shape index (κ2) is 7.94. The minimum atomic E-state index is 0.396. The van der Waals surface area contributed by atoms with Gasteiger partial charge in [-0.05, 0) is 97.7 Å². The van der Waals surface area contributed by atoms with E-state index < -0.39 is 0 Å². The zero-order valence-corrected chi connectivity index (χ0v) is 20.0. The fourth-order valence-corrected chi connectivity index (χ4v) is 8.92. The van der Waals surface area contributed by atoms with Gasteiger partial charge in [0.05, 0.1) is 0 Å². The maximum absolute atomic E-state index is 6.56. The molecule has 0 aromatic carbocycles. The van der Waals surface area contributed by atoms with Crippen molar-refractivity contribution in [3.8, 4) is 0 Å². The van der Waals surface area contributed by atoms with Crippen molar-refractivity contribution < 1.29 is 0 Å². The van der Waals surface area contributed by atoms with E-state index in [2.05, 4.69) is 40.7 Å². The number of allylic oxidation sites excluding steroid dienone is 2. The SMILES string of the molecule is CC(C)CCC[C@@H](C)[C@H]1CCC2C3CC=C4CC(Cl)CC[C@]4(C)C3CC[C@@]21C. The summed E-state index contributed by atoms with van der Waals surface area (Å²) in [5.41, 5.74) is 2.82. The van der Waals surface area contributed by atoms with Gasteiger partial charge in [0.1, 0.15) is 0 Å². The molecule has 28 heavy (non-hydrogen) atoms. The minimum Gasteiger partial charge on any atom is -0.123 e. The topological polar surface area (TPSA) is 0 Å². The first-order valence-electron chi connectivity index (χ1n) is 12.6. The highest BCUT2D eigenvalue weighted by Gasteiger charge is 2.58. The molecule has 160 valence electrons. The number of hydrogen-bond acceptors (Lipinski definition) is 0. The van der Waals surface area contributed by atoms with E-state index in [0.29, 0.717) is 16.2 Å². The molecule has 0 aromatic rings. The highest BCUT2D eigenvalue weighted by atomic mass is 35.5. The smallest absolute Gasteiger partial charge is 0.0373 e. The highest BCUT2D eigenvalue weighted by molar-refractivity contribution is 6.20. The van der Waals surface area contributed by atoms with Crippen molar-refractivity contribution in [2.45, 2.75) is 111 Å². The Morgan fingerprint density at radius 2 is 1.79 bits per heavy atom. The maximum atomic E-state index is 6.56. The summed E-state index contributed by atoms with van der Waals surface area (Å²) in [5, 5.41) is 0.396. The molecule has 4 rings (SSSR count). The lowest BCUT2D eigenvalue weighted by molar-refractivity contribution is -0.0498. The van der Waals surface area contributed by atoms with Crippen LogP contribution in [0.2, 0.25) is 0 Å². The van der Waals surface area contributed by atoms with Gasteiger partial charge in [0, 0.05) is 5.38 Å². The molecule has 0 bridgehead atoms. The summed E-state index contributed by atoms with van der Waals surface area (Å²) in [6.07, 6.45) is 18.0. The zero-order chi connectivity index (χ0) is 20.1. The number of halogens is 1. The summed E-state index contributed by atoms with van der Waals surface area (Å²) in [5.74, 6) is 5.62. The molecule has 3 fully saturated rings. The van der Waals surface area contributed by atoms with Crippen LogP contribution < -0.4 is 0 Å². The van der Waals surface area contributed by atoms with Crippen molar-refractivity contribution in [1.29, 1.82) is 0 Å². The molecule has 8 atom stereocenters. The average Bonchev–Trinajstić information content (AvgIpc) is 2.99. The van der Waals surface area contributed by atoms with Crippen molar-refractivity contribution in [1.82, 2.24) is 0 Å². The number of rotatable bonds is 5. The second-order valence-electron chi connectivity index (χ2n) is 12.1. The quantitative estimate of drug-likeness (QED) is 0.317. The molecule has 0 amide bonds. The fourth-order valence-electron chi connectivity index (χ4n) is 8.64. The summed E-state index contributed by atoms with van der Waals surface area (Å²) >= 11 is 6.56. The van der Waals surface area contributed by atoms with E-state index in [1.165, 1.54) is 70.6 Å². The number of hydrogen-bond donors (Lipinski definition) is 0. The molecule has 0 saturated heterocycles. The Kier molecular flexibility index (Phi) is 6.03. The lowest BCUT2D eigenvalue weighted by atomic mass is 9.47. The van der Waals surface area contributed by atoms with Gasteiger partial charge in [0.15, 0.2) is 0 Å². The van der Waals surface area contributed by atoms with Gasteiger partial charge >= 0.3 is 0 Å². The molecule has 0 nitrogen and oxygen atoms in total. The standard InChI is InChI=1S/C27H45Cl/c1-18(2)7-6-8-19(3)23-11-12-24-22-10-9-20-17-21(28)13-15-26(20,4)25(22)14-16-27(23,24)5/h9,18-19,21-25H,6-8,10-17H2,1-5H3/t19-,21?,22?,23-,24?,25?,26+,27-/m1/s1. The number of fused-ring (bicyclic) bond motifs is 5. The predicted octanol–water partition coefficient (Wildman–Crippen LogP) is 8.64. The zero-order valence-electron chi connectivity index (χ0n) is 19.3. The largest absolute Gasteiger partial charge is 0.123 e. The summed E-state index contributed by atoms with van der Waals surface area (Å²) in [6.45, 7) is 12.7. The Balaban J connectivity index is 1.49. The van der Waals surface area contributed by atoms with E-state index in [4.69, 9.17) is 11.6 Å². The van der Waals surface area contributed by atoms with Crippen LogP contribution in [0.3, 0.4) is 0 Å². The van der Waals surface area contributed by atoms with Crippen LogP contribution in [0, 0.1) is 46.3 Å². The molecular formula is C27H45Cl. The van der Waals surface area contributed by atoms with Crippen molar-refractivity contribution in [3.63, 3.8) is 0 Å². The summed E-state index contributed by atoms with van der Waals surface area (Å²) in [4.78, 5) is 0. The van der Waals surface area contributed by atoms with E-state index >= 15 is 0 Å². The van der Waals surface area contributed by atoms with Crippen LogP contribution in [-0.4, -0.2) is 5.38 Å². The van der Waals surface area contributed by atoms with Crippen LogP contribution in [0.1, 0.15) is 105 Å². The Labute approximate surface area is 180 Å². The van der Waals surface area contributed by atoms with Gasteiger partial charge in [-0.1, -0.05) is 65.5 Å². The van der Waals surface area contributed by atoms with Crippen LogP contribution in [-0.2, 0) is 0 Å².